The average molecular weight is 279 g/mol. The summed E-state index contributed by atoms with van der Waals surface area (Å²) in [5.74, 6) is 0.326. The Balaban J connectivity index is 2.08. The van der Waals surface area contributed by atoms with Crippen LogP contribution in [0.15, 0.2) is 48.5 Å². The standard InChI is InChI=1S/C15H15F2NO2/c1-10(18-12-5-7-13(19)8-6-12)11-3-2-4-14(9-11)20-15(16)17/h2-10,15,18-19H,1H3. The second kappa shape index (κ2) is 6.23. The second-order valence-electron chi connectivity index (χ2n) is 4.36. The van der Waals surface area contributed by atoms with Crippen LogP contribution in [-0.2, 0) is 0 Å². The van der Waals surface area contributed by atoms with Gasteiger partial charge in [-0.05, 0) is 48.9 Å². The molecule has 0 aromatic heterocycles. The van der Waals surface area contributed by atoms with E-state index in [1.54, 1.807) is 36.4 Å². The van der Waals surface area contributed by atoms with Crippen molar-refractivity contribution < 1.29 is 18.6 Å². The SMILES string of the molecule is CC(Nc1ccc(O)cc1)c1cccc(OC(F)F)c1. The Labute approximate surface area is 115 Å². The molecular formula is C15H15F2NO2. The van der Waals surface area contributed by atoms with Crippen molar-refractivity contribution in [3.05, 3.63) is 54.1 Å². The fourth-order valence-electron chi connectivity index (χ4n) is 1.85. The van der Waals surface area contributed by atoms with Crippen molar-refractivity contribution in [1.82, 2.24) is 0 Å². The summed E-state index contributed by atoms with van der Waals surface area (Å²) >= 11 is 0. The van der Waals surface area contributed by atoms with Crippen LogP contribution < -0.4 is 10.1 Å². The first-order valence-electron chi connectivity index (χ1n) is 6.15. The van der Waals surface area contributed by atoms with Gasteiger partial charge < -0.3 is 15.2 Å². The van der Waals surface area contributed by atoms with Crippen LogP contribution >= 0.6 is 0 Å². The van der Waals surface area contributed by atoms with Gasteiger partial charge in [-0.15, -0.1) is 0 Å². The number of nitrogens with one attached hydrogen (secondary N) is 1. The van der Waals surface area contributed by atoms with Crippen LogP contribution in [0.3, 0.4) is 0 Å². The summed E-state index contributed by atoms with van der Waals surface area (Å²) in [7, 11) is 0. The van der Waals surface area contributed by atoms with E-state index in [9.17, 15) is 13.9 Å². The molecule has 1 atom stereocenters. The highest BCUT2D eigenvalue weighted by Gasteiger charge is 2.09. The van der Waals surface area contributed by atoms with Crippen molar-refractivity contribution >= 4 is 5.69 Å². The van der Waals surface area contributed by atoms with Gasteiger partial charge in [0.1, 0.15) is 11.5 Å². The highest BCUT2D eigenvalue weighted by Crippen LogP contribution is 2.24. The van der Waals surface area contributed by atoms with E-state index in [0.29, 0.717) is 0 Å². The zero-order chi connectivity index (χ0) is 14.5. The van der Waals surface area contributed by atoms with E-state index in [4.69, 9.17) is 0 Å². The van der Waals surface area contributed by atoms with Gasteiger partial charge in [-0.3, -0.25) is 0 Å². The number of halogens is 2. The van der Waals surface area contributed by atoms with E-state index in [0.717, 1.165) is 11.3 Å². The van der Waals surface area contributed by atoms with Gasteiger partial charge in [0.05, 0.1) is 0 Å². The summed E-state index contributed by atoms with van der Waals surface area (Å²) in [6, 6.07) is 13.1. The van der Waals surface area contributed by atoms with E-state index in [1.165, 1.54) is 6.07 Å². The number of phenols is 1. The summed E-state index contributed by atoms with van der Waals surface area (Å²) < 4.78 is 28.7. The fourth-order valence-corrected chi connectivity index (χ4v) is 1.85. The fraction of sp³-hybridized carbons (Fsp3) is 0.200. The molecule has 0 saturated heterocycles. The number of anilines is 1. The molecule has 2 N–H and O–H groups in total. The van der Waals surface area contributed by atoms with Gasteiger partial charge in [-0.1, -0.05) is 12.1 Å². The molecule has 0 amide bonds. The molecule has 1 unspecified atom stereocenters. The zero-order valence-electron chi connectivity index (χ0n) is 10.9. The first kappa shape index (κ1) is 14.1. The molecule has 0 saturated carbocycles. The average Bonchev–Trinajstić information content (AvgIpc) is 2.41. The van der Waals surface area contributed by atoms with Crippen LogP contribution in [0, 0.1) is 0 Å². The first-order chi connectivity index (χ1) is 9.54. The van der Waals surface area contributed by atoms with E-state index < -0.39 is 6.61 Å². The van der Waals surface area contributed by atoms with E-state index in [2.05, 4.69) is 10.1 Å². The number of hydrogen-bond donors (Lipinski definition) is 2. The van der Waals surface area contributed by atoms with E-state index >= 15 is 0 Å². The minimum Gasteiger partial charge on any atom is -0.508 e. The molecule has 106 valence electrons. The van der Waals surface area contributed by atoms with Gasteiger partial charge in [-0.2, -0.15) is 8.78 Å². The molecule has 0 heterocycles. The number of phenolic OH excluding ortho intramolecular Hbond substituents is 1. The van der Waals surface area contributed by atoms with Gasteiger partial charge in [0.15, 0.2) is 0 Å². The summed E-state index contributed by atoms with van der Waals surface area (Å²) in [5.41, 5.74) is 1.66. The van der Waals surface area contributed by atoms with Gasteiger partial charge in [0.2, 0.25) is 0 Å². The third kappa shape index (κ3) is 3.85. The molecule has 0 aliphatic heterocycles. The highest BCUT2D eigenvalue weighted by molar-refractivity contribution is 5.48. The van der Waals surface area contributed by atoms with Crippen molar-refractivity contribution in [3.8, 4) is 11.5 Å². The number of aromatic hydroxyl groups is 1. The predicted molar refractivity (Wildman–Crippen MR) is 73.2 cm³/mol. The summed E-state index contributed by atoms with van der Waals surface area (Å²) in [4.78, 5) is 0. The molecule has 0 spiro atoms. The Bertz CT molecular complexity index is 558. The number of benzene rings is 2. The van der Waals surface area contributed by atoms with Crippen LogP contribution in [0.2, 0.25) is 0 Å². The lowest BCUT2D eigenvalue weighted by Crippen LogP contribution is -2.07. The molecule has 2 rings (SSSR count). The molecule has 3 nitrogen and oxygen atoms in total. The third-order valence-electron chi connectivity index (χ3n) is 2.83. The maximum atomic E-state index is 12.2. The second-order valence-corrected chi connectivity index (χ2v) is 4.36. The summed E-state index contributed by atoms with van der Waals surface area (Å²) in [5, 5.41) is 12.4. The van der Waals surface area contributed by atoms with Gasteiger partial charge >= 0.3 is 6.61 Å². The molecular weight excluding hydrogens is 264 g/mol. The third-order valence-corrected chi connectivity index (χ3v) is 2.83. The van der Waals surface area contributed by atoms with Crippen LogP contribution in [0.4, 0.5) is 14.5 Å². The topological polar surface area (TPSA) is 41.5 Å². The quantitative estimate of drug-likeness (QED) is 0.807. The maximum absolute atomic E-state index is 12.2. The Kier molecular flexibility index (Phi) is 4.40. The summed E-state index contributed by atoms with van der Waals surface area (Å²) in [6.45, 7) is -0.917. The minimum absolute atomic E-state index is 0.0826. The van der Waals surface area contributed by atoms with Gasteiger partial charge in [0, 0.05) is 11.7 Å². The first-order valence-corrected chi connectivity index (χ1v) is 6.15. The lowest BCUT2D eigenvalue weighted by atomic mass is 10.1. The number of alkyl halides is 2. The highest BCUT2D eigenvalue weighted by atomic mass is 19.3. The van der Waals surface area contributed by atoms with Crippen LogP contribution in [0.25, 0.3) is 0 Å². The maximum Gasteiger partial charge on any atom is 0.387 e. The van der Waals surface area contributed by atoms with Gasteiger partial charge in [0.25, 0.3) is 0 Å². The van der Waals surface area contributed by atoms with Gasteiger partial charge in [-0.25, -0.2) is 0 Å². The van der Waals surface area contributed by atoms with Crippen molar-refractivity contribution in [2.45, 2.75) is 19.6 Å². The Hall–Kier alpha value is -2.30. The number of rotatable bonds is 5. The molecule has 2 aromatic rings. The van der Waals surface area contributed by atoms with Crippen molar-refractivity contribution in [1.29, 1.82) is 0 Å². The molecule has 0 bridgehead atoms. The lowest BCUT2D eigenvalue weighted by molar-refractivity contribution is -0.0498. The molecule has 2 aromatic carbocycles. The smallest absolute Gasteiger partial charge is 0.387 e. The van der Waals surface area contributed by atoms with Crippen molar-refractivity contribution in [2.24, 2.45) is 0 Å². The minimum atomic E-state index is -2.83. The lowest BCUT2D eigenvalue weighted by Gasteiger charge is -2.16. The number of ether oxygens (including phenoxy) is 1. The molecule has 20 heavy (non-hydrogen) atoms. The molecule has 0 aliphatic rings. The van der Waals surface area contributed by atoms with Crippen LogP contribution in [0.5, 0.6) is 11.5 Å². The molecule has 5 heteroatoms. The Morgan fingerprint density at radius 2 is 1.80 bits per heavy atom. The summed E-state index contributed by atoms with van der Waals surface area (Å²) in [6.07, 6.45) is 0. The van der Waals surface area contributed by atoms with E-state index in [1.807, 2.05) is 13.0 Å². The zero-order valence-corrected chi connectivity index (χ0v) is 10.9. The predicted octanol–water partition coefficient (Wildman–Crippen LogP) is 4.17. The number of hydrogen-bond acceptors (Lipinski definition) is 3. The Morgan fingerprint density at radius 1 is 1.10 bits per heavy atom. The molecule has 0 fully saturated rings. The van der Waals surface area contributed by atoms with E-state index in [-0.39, 0.29) is 17.5 Å². The van der Waals surface area contributed by atoms with Crippen LogP contribution in [0.1, 0.15) is 18.5 Å². The monoisotopic (exact) mass is 279 g/mol. The molecule has 0 aliphatic carbocycles. The van der Waals surface area contributed by atoms with Crippen molar-refractivity contribution in [2.75, 3.05) is 5.32 Å². The largest absolute Gasteiger partial charge is 0.508 e. The molecule has 0 radical (unpaired) electrons. The Morgan fingerprint density at radius 3 is 2.45 bits per heavy atom. The van der Waals surface area contributed by atoms with Crippen molar-refractivity contribution in [3.63, 3.8) is 0 Å². The normalized spacial score (nSPS) is 12.2. The van der Waals surface area contributed by atoms with Crippen LogP contribution in [-0.4, -0.2) is 11.7 Å².